The lowest BCUT2D eigenvalue weighted by Gasteiger charge is -2.12. The molecular formula is C19H29N5O2. The first kappa shape index (κ1) is 19.8. The minimum Gasteiger partial charge on any atom is -0.491 e. The fourth-order valence-corrected chi connectivity index (χ4v) is 2.37. The molecule has 0 saturated heterocycles. The van der Waals surface area contributed by atoms with Gasteiger partial charge in [-0.25, -0.2) is 4.99 Å². The number of benzene rings is 1. The van der Waals surface area contributed by atoms with Crippen LogP contribution in [0.25, 0.3) is 0 Å². The van der Waals surface area contributed by atoms with Crippen molar-refractivity contribution < 1.29 is 9.47 Å². The number of nitrogens with zero attached hydrogens (tertiary/aromatic N) is 3. The summed E-state index contributed by atoms with van der Waals surface area (Å²) in [6.45, 7) is 6.33. The van der Waals surface area contributed by atoms with Crippen LogP contribution >= 0.6 is 0 Å². The first-order chi connectivity index (χ1) is 12.8. The maximum absolute atomic E-state index is 5.64. The number of aryl methyl sites for hydroxylation is 1. The fraction of sp³-hybridized carbons (Fsp3) is 0.474. The number of hydrogen-bond acceptors (Lipinski definition) is 4. The number of nitrogens with one attached hydrogen (secondary N) is 2. The first-order valence-corrected chi connectivity index (χ1v) is 9.02. The summed E-state index contributed by atoms with van der Waals surface area (Å²) in [4.78, 5) is 4.65. The molecule has 0 radical (unpaired) electrons. The number of methoxy groups -OCH3 is 1. The molecule has 1 aromatic heterocycles. The standard InChI is InChI=1S/C19H29N5O2/c1-3-20-19(21-9-5-11-24-12-6-10-23-24)22-16-17-7-4-8-18(15-17)26-14-13-25-2/h4,6-8,10,12,15H,3,5,9,11,13-14,16H2,1-2H3,(H2,20,21,22). The van der Waals surface area contributed by atoms with E-state index in [1.165, 1.54) is 0 Å². The Labute approximate surface area is 155 Å². The number of guanidine groups is 1. The van der Waals surface area contributed by atoms with Gasteiger partial charge in [0, 0.05) is 39.1 Å². The molecule has 0 amide bonds. The van der Waals surface area contributed by atoms with Gasteiger partial charge in [-0.3, -0.25) is 4.68 Å². The van der Waals surface area contributed by atoms with Gasteiger partial charge in [0.1, 0.15) is 12.4 Å². The number of hydrogen-bond donors (Lipinski definition) is 2. The van der Waals surface area contributed by atoms with Gasteiger partial charge in [0.15, 0.2) is 5.96 Å². The third-order valence-corrected chi connectivity index (χ3v) is 3.63. The van der Waals surface area contributed by atoms with Gasteiger partial charge in [0.05, 0.1) is 13.2 Å². The Morgan fingerprint density at radius 2 is 2.15 bits per heavy atom. The van der Waals surface area contributed by atoms with Crippen LogP contribution in [-0.4, -0.2) is 49.2 Å². The van der Waals surface area contributed by atoms with Crippen LogP contribution in [0.4, 0.5) is 0 Å². The van der Waals surface area contributed by atoms with Crippen LogP contribution in [0.3, 0.4) is 0 Å². The first-order valence-electron chi connectivity index (χ1n) is 9.02. The third kappa shape index (κ3) is 7.57. The maximum Gasteiger partial charge on any atom is 0.191 e. The summed E-state index contributed by atoms with van der Waals surface area (Å²) in [5.74, 6) is 1.66. The van der Waals surface area contributed by atoms with Gasteiger partial charge in [-0.15, -0.1) is 0 Å². The summed E-state index contributed by atoms with van der Waals surface area (Å²) in [6, 6.07) is 9.93. The lowest BCUT2D eigenvalue weighted by molar-refractivity contribution is 0.146. The normalized spacial score (nSPS) is 11.4. The van der Waals surface area contributed by atoms with Crippen LogP contribution in [0.5, 0.6) is 5.75 Å². The van der Waals surface area contributed by atoms with E-state index in [2.05, 4.69) is 27.6 Å². The maximum atomic E-state index is 5.64. The summed E-state index contributed by atoms with van der Waals surface area (Å²) in [6.07, 6.45) is 4.75. The van der Waals surface area contributed by atoms with Crippen molar-refractivity contribution in [3.63, 3.8) is 0 Å². The van der Waals surface area contributed by atoms with E-state index < -0.39 is 0 Å². The van der Waals surface area contributed by atoms with E-state index in [1.807, 2.05) is 41.2 Å². The highest BCUT2D eigenvalue weighted by Crippen LogP contribution is 2.14. The van der Waals surface area contributed by atoms with E-state index >= 15 is 0 Å². The zero-order chi connectivity index (χ0) is 18.5. The summed E-state index contributed by atoms with van der Waals surface area (Å²) in [5.41, 5.74) is 1.11. The number of aliphatic imine (C=N–C) groups is 1. The summed E-state index contributed by atoms with van der Waals surface area (Å²) in [7, 11) is 1.67. The molecule has 0 fully saturated rings. The highest BCUT2D eigenvalue weighted by atomic mass is 16.5. The predicted octanol–water partition coefficient (Wildman–Crippen LogP) is 2.05. The highest BCUT2D eigenvalue weighted by molar-refractivity contribution is 5.79. The van der Waals surface area contributed by atoms with E-state index in [-0.39, 0.29) is 0 Å². The molecule has 2 aromatic rings. The van der Waals surface area contributed by atoms with Crippen molar-refractivity contribution in [1.82, 2.24) is 20.4 Å². The molecular weight excluding hydrogens is 330 g/mol. The molecule has 0 aliphatic carbocycles. The van der Waals surface area contributed by atoms with Gasteiger partial charge in [0.2, 0.25) is 0 Å². The monoisotopic (exact) mass is 359 g/mol. The van der Waals surface area contributed by atoms with Crippen LogP contribution in [0.1, 0.15) is 18.9 Å². The topological polar surface area (TPSA) is 72.7 Å². The third-order valence-electron chi connectivity index (χ3n) is 3.63. The molecule has 7 heteroatoms. The van der Waals surface area contributed by atoms with Crippen molar-refractivity contribution in [3.05, 3.63) is 48.3 Å². The molecule has 0 unspecified atom stereocenters. The van der Waals surface area contributed by atoms with Crippen LogP contribution in [0, 0.1) is 0 Å². The molecule has 0 spiro atoms. The van der Waals surface area contributed by atoms with Gasteiger partial charge in [-0.2, -0.15) is 5.10 Å². The van der Waals surface area contributed by atoms with E-state index in [1.54, 1.807) is 13.3 Å². The summed E-state index contributed by atoms with van der Waals surface area (Å²) < 4.78 is 12.6. The second kappa shape index (κ2) is 11.9. The van der Waals surface area contributed by atoms with Gasteiger partial charge in [0.25, 0.3) is 0 Å². The molecule has 142 valence electrons. The summed E-state index contributed by atoms with van der Waals surface area (Å²) >= 11 is 0. The molecule has 7 nitrogen and oxygen atoms in total. The SMILES string of the molecule is CCNC(=NCc1cccc(OCCOC)c1)NCCCn1cccn1. The minimum absolute atomic E-state index is 0.545. The molecule has 0 saturated carbocycles. The lowest BCUT2D eigenvalue weighted by Crippen LogP contribution is -2.38. The van der Waals surface area contributed by atoms with Gasteiger partial charge in [-0.05, 0) is 37.1 Å². The van der Waals surface area contributed by atoms with Gasteiger partial charge in [-0.1, -0.05) is 12.1 Å². The van der Waals surface area contributed by atoms with Crippen LogP contribution < -0.4 is 15.4 Å². The van der Waals surface area contributed by atoms with Crippen molar-refractivity contribution in [2.75, 3.05) is 33.4 Å². The smallest absolute Gasteiger partial charge is 0.191 e. The molecule has 2 N–H and O–H groups in total. The summed E-state index contributed by atoms with van der Waals surface area (Å²) in [5, 5.41) is 10.8. The zero-order valence-corrected chi connectivity index (χ0v) is 15.6. The molecule has 1 heterocycles. The van der Waals surface area contributed by atoms with Crippen LogP contribution in [0.15, 0.2) is 47.7 Å². The molecule has 26 heavy (non-hydrogen) atoms. The Balaban J connectivity index is 1.80. The van der Waals surface area contributed by atoms with Crippen molar-refractivity contribution in [1.29, 1.82) is 0 Å². The minimum atomic E-state index is 0.545. The number of aromatic nitrogens is 2. The van der Waals surface area contributed by atoms with Crippen molar-refractivity contribution in [2.24, 2.45) is 4.99 Å². The second-order valence-corrected chi connectivity index (χ2v) is 5.73. The predicted molar refractivity (Wildman–Crippen MR) is 103 cm³/mol. The largest absolute Gasteiger partial charge is 0.491 e. The molecule has 0 bridgehead atoms. The van der Waals surface area contributed by atoms with Crippen molar-refractivity contribution in [3.8, 4) is 5.75 Å². The Hall–Kier alpha value is -2.54. The van der Waals surface area contributed by atoms with Crippen LogP contribution in [0.2, 0.25) is 0 Å². The van der Waals surface area contributed by atoms with Gasteiger partial charge < -0.3 is 20.1 Å². The van der Waals surface area contributed by atoms with E-state index in [9.17, 15) is 0 Å². The van der Waals surface area contributed by atoms with E-state index in [0.717, 1.165) is 43.3 Å². The number of rotatable bonds is 11. The molecule has 2 rings (SSSR count). The molecule has 1 aromatic carbocycles. The van der Waals surface area contributed by atoms with Gasteiger partial charge >= 0.3 is 0 Å². The molecule has 0 aliphatic rings. The van der Waals surface area contributed by atoms with Crippen molar-refractivity contribution in [2.45, 2.75) is 26.4 Å². The van der Waals surface area contributed by atoms with Crippen LogP contribution in [-0.2, 0) is 17.8 Å². The molecule has 0 atom stereocenters. The fourth-order valence-electron chi connectivity index (χ4n) is 2.37. The Bertz CT molecular complexity index is 643. The Kier molecular flexibility index (Phi) is 9.07. The lowest BCUT2D eigenvalue weighted by atomic mass is 10.2. The average Bonchev–Trinajstić information content (AvgIpc) is 3.17. The second-order valence-electron chi connectivity index (χ2n) is 5.73. The van der Waals surface area contributed by atoms with Crippen molar-refractivity contribution >= 4 is 5.96 Å². The quantitative estimate of drug-likeness (QED) is 0.365. The highest BCUT2D eigenvalue weighted by Gasteiger charge is 2.00. The Morgan fingerprint density at radius 1 is 1.23 bits per heavy atom. The zero-order valence-electron chi connectivity index (χ0n) is 15.6. The Morgan fingerprint density at radius 3 is 2.92 bits per heavy atom. The number of ether oxygens (including phenoxy) is 2. The molecule has 0 aliphatic heterocycles. The van der Waals surface area contributed by atoms with E-state index in [0.29, 0.717) is 19.8 Å². The average molecular weight is 359 g/mol. The van der Waals surface area contributed by atoms with E-state index in [4.69, 9.17) is 9.47 Å².